The first-order chi connectivity index (χ1) is 8.23. The second kappa shape index (κ2) is 1.87. The predicted molar refractivity (Wildman–Crippen MR) is 59.7 cm³/mol. The van der Waals surface area contributed by atoms with E-state index in [-0.39, 0.29) is 11.8 Å². The predicted octanol–water partition coefficient (Wildman–Crippen LogP) is 1.17. The molecule has 0 saturated heterocycles. The van der Waals surface area contributed by atoms with Gasteiger partial charge in [0.15, 0.2) is 0 Å². The van der Waals surface area contributed by atoms with Gasteiger partial charge in [0.05, 0.1) is 11.0 Å². The molecule has 2 heteroatoms. The van der Waals surface area contributed by atoms with Gasteiger partial charge in [-0.25, -0.2) is 0 Å². The minimum Gasteiger partial charge on any atom is -0.388 e. The summed E-state index contributed by atoms with van der Waals surface area (Å²) in [6.45, 7) is 0. The van der Waals surface area contributed by atoms with Crippen molar-refractivity contribution >= 4 is 5.78 Å². The van der Waals surface area contributed by atoms with Crippen LogP contribution in [0.25, 0.3) is 0 Å². The molecule has 0 aromatic rings. The average molecular weight is 226 g/mol. The number of allylic oxidation sites excluding steroid dienone is 2. The Morgan fingerprint density at radius 1 is 1.24 bits per heavy atom. The van der Waals surface area contributed by atoms with Crippen molar-refractivity contribution in [2.45, 2.75) is 12.0 Å². The van der Waals surface area contributed by atoms with Crippen molar-refractivity contribution in [2.75, 3.05) is 0 Å². The Kier molecular flexibility index (Phi) is 0.908. The Morgan fingerprint density at radius 2 is 2.12 bits per heavy atom. The second-order valence-corrected chi connectivity index (χ2v) is 7.05. The molecule has 7 aliphatic carbocycles. The molecule has 6 fully saturated rings. The SMILES string of the molecule is O=C1[C@@H]2[C@H]3C[C@@H]4[C@H]5[C@@H]3[C@]13C=CC=C[C@@H]5[C@@]3(O)[C@@H]42. The lowest BCUT2D eigenvalue weighted by Crippen LogP contribution is -2.52. The van der Waals surface area contributed by atoms with Gasteiger partial charge in [-0.2, -0.15) is 0 Å². The number of aliphatic hydroxyl groups is 1. The van der Waals surface area contributed by atoms with Crippen LogP contribution in [0.3, 0.4) is 0 Å². The van der Waals surface area contributed by atoms with Gasteiger partial charge in [0.1, 0.15) is 5.78 Å². The van der Waals surface area contributed by atoms with E-state index in [0.29, 0.717) is 35.4 Å². The van der Waals surface area contributed by atoms with Gasteiger partial charge < -0.3 is 5.11 Å². The molecule has 2 nitrogen and oxygen atoms in total. The molecule has 6 saturated carbocycles. The van der Waals surface area contributed by atoms with Crippen LogP contribution in [-0.2, 0) is 4.79 Å². The van der Waals surface area contributed by atoms with Crippen LogP contribution in [0.5, 0.6) is 0 Å². The lowest BCUT2D eigenvalue weighted by molar-refractivity contribution is -0.133. The fraction of sp³-hybridized carbons (Fsp3) is 0.667. The molecular weight excluding hydrogens is 212 g/mol. The summed E-state index contributed by atoms with van der Waals surface area (Å²) in [5, 5.41) is 11.3. The van der Waals surface area contributed by atoms with Gasteiger partial charge in [0, 0.05) is 17.8 Å². The maximum atomic E-state index is 12.8. The van der Waals surface area contributed by atoms with Crippen LogP contribution in [0.1, 0.15) is 6.42 Å². The van der Waals surface area contributed by atoms with E-state index < -0.39 is 11.0 Å². The summed E-state index contributed by atoms with van der Waals surface area (Å²) in [4.78, 5) is 12.8. The molecule has 86 valence electrons. The third-order valence-corrected chi connectivity index (χ3v) is 7.34. The smallest absolute Gasteiger partial charge is 0.149 e. The number of ketones is 1. The molecule has 0 amide bonds. The van der Waals surface area contributed by atoms with Crippen LogP contribution < -0.4 is 0 Å². The summed E-state index contributed by atoms with van der Waals surface area (Å²) in [6, 6.07) is 0. The van der Waals surface area contributed by atoms with E-state index >= 15 is 0 Å². The van der Waals surface area contributed by atoms with Gasteiger partial charge in [-0.05, 0) is 30.1 Å². The first-order valence-electron chi connectivity index (χ1n) is 6.85. The Hall–Kier alpha value is -0.890. The monoisotopic (exact) mass is 226 g/mol. The maximum absolute atomic E-state index is 12.8. The van der Waals surface area contributed by atoms with Crippen molar-refractivity contribution in [3.8, 4) is 0 Å². The van der Waals surface area contributed by atoms with Gasteiger partial charge in [-0.1, -0.05) is 24.3 Å². The summed E-state index contributed by atoms with van der Waals surface area (Å²) in [7, 11) is 0. The van der Waals surface area contributed by atoms with E-state index in [4.69, 9.17) is 0 Å². The number of Topliss-reactive ketones (excluding diaryl/α,β-unsaturated/α-hetero) is 1. The van der Waals surface area contributed by atoms with Crippen molar-refractivity contribution in [3.63, 3.8) is 0 Å². The lowest BCUT2D eigenvalue weighted by Gasteiger charge is -2.44. The molecule has 0 heterocycles. The number of carbonyl (C=O) groups excluding carboxylic acids is 1. The molecular formula is C15H14O2. The average Bonchev–Trinajstić information content (AvgIpc) is 2.92. The standard InChI is InChI=1S/C15H14O2/c16-13-10-7-5-6-9-8-3-1-2-4-14(13,11(7)9)15(8,17)12(6)10/h1-4,6-12,17H,5H2/t6-,7-,8+,9-,10-,11-,12+,14-,15-/m1/s1. The molecule has 1 N–H and O–H groups in total. The van der Waals surface area contributed by atoms with E-state index in [0.717, 1.165) is 0 Å². The van der Waals surface area contributed by atoms with Gasteiger partial charge in [0.25, 0.3) is 0 Å². The molecule has 1 spiro atoms. The van der Waals surface area contributed by atoms with Crippen molar-refractivity contribution in [1.29, 1.82) is 0 Å². The molecule has 0 aromatic heterocycles. The highest BCUT2D eigenvalue weighted by Crippen LogP contribution is 2.89. The molecule has 0 radical (unpaired) electrons. The quantitative estimate of drug-likeness (QED) is 0.673. The van der Waals surface area contributed by atoms with Crippen molar-refractivity contribution in [2.24, 2.45) is 46.8 Å². The molecule has 0 aliphatic heterocycles. The molecule has 7 rings (SSSR count). The van der Waals surface area contributed by atoms with E-state index in [9.17, 15) is 9.90 Å². The van der Waals surface area contributed by atoms with Gasteiger partial charge >= 0.3 is 0 Å². The van der Waals surface area contributed by atoms with E-state index in [2.05, 4.69) is 18.2 Å². The van der Waals surface area contributed by atoms with Gasteiger partial charge in [-0.15, -0.1) is 0 Å². The van der Waals surface area contributed by atoms with Crippen LogP contribution in [-0.4, -0.2) is 16.5 Å². The summed E-state index contributed by atoms with van der Waals surface area (Å²) in [5.41, 5.74) is -1.18. The summed E-state index contributed by atoms with van der Waals surface area (Å²) in [5.74, 6) is 3.53. The Morgan fingerprint density at radius 3 is 3.00 bits per heavy atom. The molecule has 17 heavy (non-hydrogen) atoms. The largest absolute Gasteiger partial charge is 0.388 e. The highest BCUT2D eigenvalue weighted by molar-refractivity contribution is 5.99. The summed E-state index contributed by atoms with van der Waals surface area (Å²) in [6.07, 6.45) is 9.56. The number of carbonyl (C=O) groups is 1. The zero-order valence-electron chi connectivity index (χ0n) is 9.41. The van der Waals surface area contributed by atoms with E-state index in [1.165, 1.54) is 6.42 Å². The molecule has 7 bridgehead atoms. The van der Waals surface area contributed by atoms with E-state index in [1.807, 2.05) is 6.08 Å². The van der Waals surface area contributed by atoms with Crippen molar-refractivity contribution < 1.29 is 9.90 Å². The van der Waals surface area contributed by atoms with Crippen molar-refractivity contribution in [3.05, 3.63) is 24.3 Å². The molecule has 7 aliphatic rings. The first kappa shape index (κ1) is 8.25. The van der Waals surface area contributed by atoms with Crippen LogP contribution in [0.15, 0.2) is 24.3 Å². The molecule has 0 aromatic carbocycles. The molecule has 0 unspecified atom stereocenters. The summed E-state index contributed by atoms with van der Waals surface area (Å²) >= 11 is 0. The maximum Gasteiger partial charge on any atom is 0.149 e. The third kappa shape index (κ3) is 0.448. The first-order valence-corrected chi connectivity index (χ1v) is 6.85. The van der Waals surface area contributed by atoms with Crippen LogP contribution in [0.4, 0.5) is 0 Å². The number of hydrogen-bond acceptors (Lipinski definition) is 2. The highest BCUT2D eigenvalue weighted by atomic mass is 16.3. The Balaban J connectivity index is 1.84. The van der Waals surface area contributed by atoms with Crippen LogP contribution in [0, 0.1) is 46.8 Å². The lowest BCUT2D eigenvalue weighted by atomic mass is 9.61. The zero-order chi connectivity index (χ0) is 11.2. The number of hydrogen-bond donors (Lipinski definition) is 1. The highest BCUT2D eigenvalue weighted by Gasteiger charge is 2.94. The van der Waals surface area contributed by atoms with Crippen LogP contribution >= 0.6 is 0 Å². The second-order valence-electron chi connectivity index (χ2n) is 7.05. The Bertz CT molecular complexity index is 561. The van der Waals surface area contributed by atoms with Crippen molar-refractivity contribution in [1.82, 2.24) is 0 Å². The minimum atomic E-state index is -0.703. The Labute approximate surface area is 99.4 Å². The fourth-order valence-corrected chi connectivity index (χ4v) is 7.51. The van der Waals surface area contributed by atoms with E-state index in [1.54, 1.807) is 0 Å². The minimum absolute atomic E-state index is 0.215. The topological polar surface area (TPSA) is 37.3 Å². The zero-order valence-corrected chi connectivity index (χ0v) is 9.41. The third-order valence-electron chi connectivity index (χ3n) is 7.34. The fourth-order valence-electron chi connectivity index (χ4n) is 7.51. The normalized spacial score (nSPS) is 74.6. The van der Waals surface area contributed by atoms with Gasteiger partial charge in [-0.3, -0.25) is 4.79 Å². The van der Waals surface area contributed by atoms with Crippen LogP contribution in [0.2, 0.25) is 0 Å². The molecule has 9 atom stereocenters. The number of rotatable bonds is 0. The van der Waals surface area contributed by atoms with Gasteiger partial charge in [0.2, 0.25) is 0 Å². The summed E-state index contributed by atoms with van der Waals surface area (Å²) < 4.78 is 0.